The first-order valence-electron chi connectivity index (χ1n) is 9.33. The summed E-state index contributed by atoms with van der Waals surface area (Å²) in [6.07, 6.45) is 1.49. The molecule has 4 aliphatic heterocycles. The summed E-state index contributed by atoms with van der Waals surface area (Å²) in [7, 11) is 0. The Morgan fingerprint density at radius 3 is 2.43 bits per heavy atom. The zero-order chi connectivity index (χ0) is 20.2. The van der Waals surface area contributed by atoms with E-state index in [9.17, 15) is 9.18 Å². The van der Waals surface area contributed by atoms with Gasteiger partial charge in [0.25, 0.3) is 0 Å². The summed E-state index contributed by atoms with van der Waals surface area (Å²) in [6.45, 7) is 7.02. The normalized spacial score (nSPS) is 29.9. The number of amides is 1. The topological polar surface area (TPSA) is 69.9 Å². The molecule has 152 valence electrons. The minimum absolute atomic E-state index is 0.0156. The number of ether oxygens (including phenoxy) is 1. The lowest BCUT2D eigenvalue weighted by molar-refractivity contribution is 0.00247. The van der Waals surface area contributed by atoms with Crippen molar-refractivity contribution in [1.29, 1.82) is 0 Å². The van der Waals surface area contributed by atoms with Gasteiger partial charge in [-0.1, -0.05) is 11.6 Å². The molecule has 3 unspecified atom stereocenters. The van der Waals surface area contributed by atoms with Crippen LogP contribution in [0.2, 0.25) is 0 Å². The number of allylic oxidation sites excluding steroid dienone is 1. The molecule has 0 saturated carbocycles. The van der Waals surface area contributed by atoms with Gasteiger partial charge in [0.2, 0.25) is 5.29 Å². The molecule has 0 N–H and O–H groups in total. The summed E-state index contributed by atoms with van der Waals surface area (Å²) in [6, 6.07) is 0.0313. The number of halogens is 3. The van der Waals surface area contributed by atoms with Crippen molar-refractivity contribution < 1.29 is 13.9 Å². The first-order valence-corrected chi connectivity index (χ1v) is 10.1. The van der Waals surface area contributed by atoms with Crippen molar-refractivity contribution in [1.82, 2.24) is 9.80 Å². The highest BCUT2D eigenvalue weighted by Gasteiger charge is 2.47. The van der Waals surface area contributed by atoms with E-state index in [4.69, 9.17) is 27.9 Å². The van der Waals surface area contributed by atoms with Crippen molar-refractivity contribution in [3.05, 3.63) is 11.5 Å². The number of carbonyl (C=O) groups excluding carboxylic acids is 1. The van der Waals surface area contributed by atoms with Crippen LogP contribution in [0.1, 0.15) is 33.6 Å². The molecule has 4 heterocycles. The molecular weight excluding hydrogens is 408 g/mol. The molecule has 2 saturated heterocycles. The van der Waals surface area contributed by atoms with Crippen LogP contribution >= 0.6 is 23.2 Å². The number of aliphatic imine (C=N–C) groups is 3. The maximum atomic E-state index is 14.4. The average Bonchev–Trinajstić information content (AvgIpc) is 2.87. The molecule has 4 rings (SSSR count). The predicted octanol–water partition coefficient (Wildman–Crippen LogP) is 3.53. The van der Waals surface area contributed by atoms with Crippen LogP contribution in [0.3, 0.4) is 0 Å². The molecule has 0 spiro atoms. The zero-order valence-electron chi connectivity index (χ0n) is 16.0. The van der Waals surface area contributed by atoms with Crippen LogP contribution in [0.4, 0.5) is 9.18 Å². The largest absolute Gasteiger partial charge is 0.444 e. The molecule has 3 atom stereocenters. The Balaban J connectivity index is 1.55. The second-order valence-corrected chi connectivity index (χ2v) is 9.11. The van der Waals surface area contributed by atoms with E-state index in [0.29, 0.717) is 18.9 Å². The Morgan fingerprint density at radius 2 is 1.82 bits per heavy atom. The second kappa shape index (κ2) is 6.99. The van der Waals surface area contributed by atoms with Crippen molar-refractivity contribution in [3.63, 3.8) is 0 Å². The lowest BCUT2D eigenvalue weighted by Gasteiger charge is -2.44. The van der Waals surface area contributed by atoms with Crippen LogP contribution in [-0.2, 0) is 4.74 Å². The monoisotopic (exact) mass is 429 g/mol. The second-order valence-electron chi connectivity index (χ2n) is 8.41. The van der Waals surface area contributed by atoms with Gasteiger partial charge < -0.3 is 9.64 Å². The third-order valence-electron chi connectivity index (χ3n) is 5.29. The maximum absolute atomic E-state index is 14.4. The van der Waals surface area contributed by atoms with Crippen LogP contribution in [-0.4, -0.2) is 69.5 Å². The van der Waals surface area contributed by atoms with Gasteiger partial charge in [0, 0.05) is 13.1 Å². The molecule has 7 nitrogen and oxygen atoms in total. The fourth-order valence-electron chi connectivity index (χ4n) is 4.21. The Labute approximate surface area is 172 Å². The van der Waals surface area contributed by atoms with Crippen molar-refractivity contribution in [2.45, 2.75) is 51.3 Å². The molecule has 10 heteroatoms. The number of nitrogens with zero attached hydrogens (tertiary/aromatic N) is 5. The van der Waals surface area contributed by atoms with E-state index in [1.807, 2.05) is 25.7 Å². The molecule has 0 radical (unpaired) electrons. The fraction of sp³-hybridized carbons (Fsp3) is 0.667. The van der Waals surface area contributed by atoms with Crippen LogP contribution in [0, 0.1) is 5.92 Å². The van der Waals surface area contributed by atoms with Gasteiger partial charge in [0.1, 0.15) is 11.4 Å². The number of carbonyl (C=O) groups is 1. The molecular formula is C18H22Cl2FN5O2. The quantitative estimate of drug-likeness (QED) is 0.553. The van der Waals surface area contributed by atoms with Crippen molar-refractivity contribution in [2.75, 3.05) is 19.6 Å². The average molecular weight is 430 g/mol. The smallest absolute Gasteiger partial charge is 0.410 e. The van der Waals surface area contributed by atoms with E-state index in [-0.39, 0.29) is 40.9 Å². The molecule has 0 aromatic carbocycles. The highest BCUT2D eigenvalue weighted by atomic mass is 35.5. The lowest BCUT2D eigenvalue weighted by Crippen LogP contribution is -2.59. The number of hydrogen-bond acceptors (Lipinski definition) is 6. The Kier molecular flexibility index (Phi) is 4.90. The molecule has 0 aliphatic carbocycles. The van der Waals surface area contributed by atoms with E-state index in [0.717, 1.165) is 12.8 Å². The molecule has 0 aromatic heterocycles. The number of fused-ring (bicyclic) bond motifs is 3. The SMILES string of the molecule is CC(C)(C)OC(=O)N1C2CCC1CN(C1=NC(Cl)=NC3=C(F)C(Cl)=NCC13)C2. The number of dihydropyridines is 1. The predicted molar refractivity (Wildman–Crippen MR) is 107 cm³/mol. The van der Waals surface area contributed by atoms with Crippen LogP contribution < -0.4 is 0 Å². The summed E-state index contributed by atoms with van der Waals surface area (Å²) in [5.74, 6) is -0.435. The van der Waals surface area contributed by atoms with Gasteiger partial charge in [-0.2, -0.15) is 0 Å². The fourth-order valence-corrected chi connectivity index (χ4v) is 4.55. The van der Waals surface area contributed by atoms with E-state index >= 15 is 0 Å². The van der Waals surface area contributed by atoms with E-state index in [1.165, 1.54) is 0 Å². The number of piperazine rings is 1. The number of amidine groups is 2. The summed E-state index contributed by atoms with van der Waals surface area (Å²) in [5.41, 5.74) is -0.362. The van der Waals surface area contributed by atoms with E-state index in [1.54, 1.807) is 0 Å². The first-order chi connectivity index (χ1) is 13.1. The van der Waals surface area contributed by atoms with Crippen molar-refractivity contribution in [2.24, 2.45) is 20.9 Å². The molecule has 4 aliphatic rings. The molecule has 2 bridgehead atoms. The number of hydrogen-bond donors (Lipinski definition) is 0. The highest BCUT2D eigenvalue weighted by molar-refractivity contribution is 6.69. The van der Waals surface area contributed by atoms with Gasteiger partial charge in [-0.25, -0.2) is 19.2 Å². The van der Waals surface area contributed by atoms with Gasteiger partial charge in [-0.05, 0) is 45.2 Å². The standard InChI is InChI=1S/C18H22Cl2FN5O2/c1-18(2,3)28-17(27)26-9-4-5-10(26)8-25(7-9)15-11-6-22-14(19)12(21)13(11)23-16(20)24-15/h9-11H,4-8H2,1-3H3. The molecule has 2 fully saturated rings. The third-order valence-corrected chi connectivity index (χ3v) is 5.74. The number of rotatable bonds is 0. The number of likely N-dealkylation sites (tertiary alicyclic amines) is 1. The van der Waals surface area contributed by atoms with Gasteiger partial charge in [0.05, 0.1) is 30.2 Å². The van der Waals surface area contributed by atoms with Gasteiger partial charge in [-0.3, -0.25) is 9.89 Å². The van der Waals surface area contributed by atoms with Crippen LogP contribution in [0.5, 0.6) is 0 Å². The Bertz CT molecular complexity index is 818. The summed E-state index contributed by atoms with van der Waals surface area (Å²) in [4.78, 5) is 29.0. The van der Waals surface area contributed by atoms with Crippen LogP contribution in [0.25, 0.3) is 0 Å². The summed E-state index contributed by atoms with van der Waals surface area (Å²) < 4.78 is 20.0. The third kappa shape index (κ3) is 3.52. The minimum Gasteiger partial charge on any atom is -0.444 e. The molecule has 28 heavy (non-hydrogen) atoms. The first kappa shape index (κ1) is 19.6. The van der Waals surface area contributed by atoms with Crippen molar-refractivity contribution in [3.8, 4) is 0 Å². The van der Waals surface area contributed by atoms with E-state index < -0.39 is 17.3 Å². The van der Waals surface area contributed by atoms with Gasteiger partial charge in [0.15, 0.2) is 11.0 Å². The Hall–Kier alpha value is -1.67. The molecule has 1 amide bonds. The van der Waals surface area contributed by atoms with E-state index in [2.05, 4.69) is 19.9 Å². The maximum Gasteiger partial charge on any atom is 0.410 e. The van der Waals surface area contributed by atoms with Crippen molar-refractivity contribution >= 4 is 45.6 Å². The Morgan fingerprint density at radius 1 is 1.18 bits per heavy atom. The zero-order valence-corrected chi connectivity index (χ0v) is 17.5. The van der Waals surface area contributed by atoms with Crippen LogP contribution in [0.15, 0.2) is 26.5 Å². The summed E-state index contributed by atoms with van der Waals surface area (Å²) >= 11 is 11.9. The highest BCUT2D eigenvalue weighted by Crippen LogP contribution is 2.36. The summed E-state index contributed by atoms with van der Waals surface area (Å²) in [5, 5.41) is -0.208. The lowest BCUT2D eigenvalue weighted by atomic mass is 9.98. The van der Waals surface area contributed by atoms with Gasteiger partial charge in [-0.15, -0.1) is 0 Å². The minimum atomic E-state index is -0.654. The van der Waals surface area contributed by atoms with Gasteiger partial charge >= 0.3 is 6.09 Å². The molecule has 0 aromatic rings.